The number of likely N-dealkylation sites (N-methyl/N-ethyl adjacent to an activating group) is 1. The van der Waals surface area contributed by atoms with Crippen LogP contribution in [0.1, 0.15) is 28.8 Å². The van der Waals surface area contributed by atoms with Crippen molar-refractivity contribution in [1.29, 1.82) is 0 Å². The van der Waals surface area contributed by atoms with Crippen LogP contribution in [0, 0.1) is 0 Å². The van der Waals surface area contributed by atoms with Crippen LogP contribution in [-0.2, 0) is 11.3 Å². The molecule has 29 heavy (non-hydrogen) atoms. The Morgan fingerprint density at radius 1 is 1.21 bits per heavy atom. The van der Waals surface area contributed by atoms with Gasteiger partial charge >= 0.3 is 0 Å². The molecule has 0 spiro atoms. The van der Waals surface area contributed by atoms with Crippen LogP contribution < -0.4 is 10.9 Å². The van der Waals surface area contributed by atoms with Gasteiger partial charge in [-0.3, -0.25) is 19.7 Å². The molecule has 0 radical (unpaired) electrons. The predicted molar refractivity (Wildman–Crippen MR) is 113 cm³/mol. The fourth-order valence-electron chi connectivity index (χ4n) is 2.95. The highest BCUT2D eigenvalue weighted by Gasteiger charge is 2.17. The van der Waals surface area contributed by atoms with Crippen molar-refractivity contribution < 1.29 is 9.59 Å². The number of carbonyl (C=O) groups excluding carboxylic acids is 2. The molecular formula is C21H22N4O3S. The van der Waals surface area contributed by atoms with E-state index in [2.05, 4.69) is 17.2 Å². The molecule has 0 aliphatic heterocycles. The lowest BCUT2D eigenvalue weighted by Crippen LogP contribution is -2.37. The highest BCUT2D eigenvalue weighted by Crippen LogP contribution is 2.15. The summed E-state index contributed by atoms with van der Waals surface area (Å²) in [7, 11) is 1.71. The van der Waals surface area contributed by atoms with E-state index < -0.39 is 11.5 Å². The lowest BCUT2D eigenvalue weighted by Gasteiger charge is -2.22. The van der Waals surface area contributed by atoms with Crippen LogP contribution in [0.3, 0.4) is 0 Å². The standard InChI is InChI=1S/C21H22N4O3S/c1-15(16-7-4-3-5-8-16)13-24(2)18(26)14-25-11-6-9-17(20(25)28)19(27)23-21-22-10-12-29-21/h3-12,15H,13-14H2,1-2H3,(H,22,23,27). The molecule has 2 aromatic heterocycles. The number of pyridine rings is 1. The molecule has 7 nitrogen and oxygen atoms in total. The first-order chi connectivity index (χ1) is 14.0. The Balaban J connectivity index is 1.67. The third-order valence-corrected chi connectivity index (χ3v) is 5.25. The Bertz CT molecular complexity index is 1030. The van der Waals surface area contributed by atoms with E-state index in [9.17, 15) is 14.4 Å². The summed E-state index contributed by atoms with van der Waals surface area (Å²) in [6.07, 6.45) is 3.07. The Labute approximate surface area is 172 Å². The fraction of sp³-hybridized carbons (Fsp3) is 0.238. The van der Waals surface area contributed by atoms with Gasteiger partial charge in [0.05, 0.1) is 0 Å². The van der Waals surface area contributed by atoms with Gasteiger partial charge in [-0.2, -0.15) is 0 Å². The number of hydrogen-bond donors (Lipinski definition) is 1. The summed E-state index contributed by atoms with van der Waals surface area (Å²) in [6.45, 7) is 2.45. The summed E-state index contributed by atoms with van der Waals surface area (Å²) in [6, 6.07) is 13.0. The van der Waals surface area contributed by atoms with Crippen molar-refractivity contribution in [2.24, 2.45) is 0 Å². The lowest BCUT2D eigenvalue weighted by molar-refractivity contribution is -0.130. The average molecular weight is 410 g/mol. The zero-order chi connectivity index (χ0) is 20.8. The van der Waals surface area contributed by atoms with Gasteiger partial charge in [-0.1, -0.05) is 37.3 Å². The van der Waals surface area contributed by atoms with Crippen LogP contribution in [0.15, 0.2) is 65.0 Å². The number of anilines is 1. The molecule has 0 saturated heterocycles. The van der Waals surface area contributed by atoms with Crippen molar-refractivity contribution in [3.63, 3.8) is 0 Å². The first-order valence-corrected chi connectivity index (χ1v) is 10.0. The number of aromatic nitrogens is 2. The highest BCUT2D eigenvalue weighted by molar-refractivity contribution is 7.13. The summed E-state index contributed by atoms with van der Waals surface area (Å²) in [5.74, 6) is -0.581. The van der Waals surface area contributed by atoms with Crippen molar-refractivity contribution in [3.05, 3.63) is 81.7 Å². The van der Waals surface area contributed by atoms with Crippen LogP contribution in [0.25, 0.3) is 0 Å². The quantitative estimate of drug-likeness (QED) is 0.649. The number of nitrogens with one attached hydrogen (secondary N) is 1. The molecule has 0 aliphatic rings. The molecule has 0 fully saturated rings. The Morgan fingerprint density at radius 2 is 1.97 bits per heavy atom. The number of amides is 2. The van der Waals surface area contributed by atoms with Gasteiger partial charge in [0.2, 0.25) is 5.91 Å². The van der Waals surface area contributed by atoms with Crippen LogP contribution >= 0.6 is 11.3 Å². The van der Waals surface area contributed by atoms with E-state index in [1.165, 1.54) is 28.2 Å². The number of nitrogens with zero attached hydrogens (tertiary/aromatic N) is 3. The number of thiazole rings is 1. The molecule has 8 heteroatoms. The molecule has 0 saturated carbocycles. The molecule has 1 atom stereocenters. The molecule has 1 N–H and O–H groups in total. The van der Waals surface area contributed by atoms with Gasteiger partial charge in [-0.25, -0.2) is 4.98 Å². The molecule has 1 unspecified atom stereocenters. The SMILES string of the molecule is CC(CN(C)C(=O)Cn1cccc(C(=O)Nc2nccs2)c1=O)c1ccccc1. The van der Waals surface area contributed by atoms with Crippen molar-refractivity contribution in [1.82, 2.24) is 14.5 Å². The minimum Gasteiger partial charge on any atom is -0.344 e. The van der Waals surface area contributed by atoms with E-state index in [0.29, 0.717) is 11.7 Å². The second kappa shape index (κ2) is 9.29. The minimum atomic E-state index is -0.544. The third-order valence-electron chi connectivity index (χ3n) is 4.57. The zero-order valence-electron chi connectivity index (χ0n) is 16.2. The maximum Gasteiger partial charge on any atom is 0.263 e. The van der Waals surface area contributed by atoms with E-state index >= 15 is 0 Å². The summed E-state index contributed by atoms with van der Waals surface area (Å²) >= 11 is 1.26. The predicted octanol–water partition coefficient (Wildman–Crippen LogP) is 2.82. The maximum absolute atomic E-state index is 12.7. The van der Waals surface area contributed by atoms with E-state index in [1.807, 2.05) is 30.3 Å². The Morgan fingerprint density at radius 3 is 2.66 bits per heavy atom. The van der Waals surface area contributed by atoms with Gasteiger partial charge in [0.15, 0.2) is 5.13 Å². The molecule has 3 rings (SSSR count). The Kier molecular flexibility index (Phi) is 6.56. The van der Waals surface area contributed by atoms with Crippen LogP contribution in [0.2, 0.25) is 0 Å². The van der Waals surface area contributed by atoms with Crippen molar-refractivity contribution in [3.8, 4) is 0 Å². The first-order valence-electron chi connectivity index (χ1n) is 9.15. The molecule has 3 aromatic rings. The van der Waals surface area contributed by atoms with Crippen molar-refractivity contribution >= 4 is 28.3 Å². The minimum absolute atomic E-state index is 0.0317. The molecular weight excluding hydrogens is 388 g/mol. The van der Waals surface area contributed by atoms with E-state index in [-0.39, 0.29) is 23.9 Å². The number of hydrogen-bond acceptors (Lipinski definition) is 5. The van der Waals surface area contributed by atoms with E-state index in [4.69, 9.17) is 0 Å². The van der Waals surface area contributed by atoms with Gasteiger partial charge in [0, 0.05) is 31.4 Å². The normalized spacial score (nSPS) is 11.7. The van der Waals surface area contributed by atoms with Crippen LogP contribution in [-0.4, -0.2) is 39.9 Å². The largest absolute Gasteiger partial charge is 0.344 e. The highest BCUT2D eigenvalue weighted by atomic mass is 32.1. The molecule has 0 bridgehead atoms. The summed E-state index contributed by atoms with van der Waals surface area (Å²) in [4.78, 5) is 43.2. The number of benzene rings is 1. The number of carbonyl (C=O) groups is 2. The van der Waals surface area contributed by atoms with Gasteiger partial charge in [0.1, 0.15) is 12.1 Å². The second-order valence-corrected chi connectivity index (χ2v) is 7.63. The maximum atomic E-state index is 12.7. The van der Waals surface area contributed by atoms with Gasteiger partial charge < -0.3 is 9.47 Å². The smallest absolute Gasteiger partial charge is 0.263 e. The number of rotatable bonds is 7. The van der Waals surface area contributed by atoms with Crippen molar-refractivity contribution in [2.45, 2.75) is 19.4 Å². The van der Waals surface area contributed by atoms with Crippen LogP contribution in [0.4, 0.5) is 5.13 Å². The molecule has 2 heterocycles. The van der Waals surface area contributed by atoms with Crippen molar-refractivity contribution in [2.75, 3.05) is 18.9 Å². The molecule has 0 aliphatic carbocycles. The third kappa shape index (κ3) is 5.17. The molecule has 2 amide bonds. The summed E-state index contributed by atoms with van der Waals surface area (Å²) in [5.41, 5.74) is 0.598. The zero-order valence-corrected chi connectivity index (χ0v) is 17.1. The van der Waals surface area contributed by atoms with Gasteiger partial charge in [-0.15, -0.1) is 11.3 Å². The fourth-order valence-corrected chi connectivity index (χ4v) is 3.47. The van der Waals surface area contributed by atoms with Gasteiger partial charge in [-0.05, 0) is 23.6 Å². The molecule has 1 aromatic carbocycles. The summed E-state index contributed by atoms with van der Waals surface area (Å²) < 4.78 is 1.25. The average Bonchev–Trinajstić information content (AvgIpc) is 3.23. The monoisotopic (exact) mass is 410 g/mol. The second-order valence-electron chi connectivity index (χ2n) is 6.73. The summed E-state index contributed by atoms with van der Waals surface area (Å²) in [5, 5.41) is 4.72. The molecule has 150 valence electrons. The topological polar surface area (TPSA) is 84.3 Å². The van der Waals surface area contributed by atoms with E-state index in [1.54, 1.807) is 29.6 Å². The van der Waals surface area contributed by atoms with Gasteiger partial charge in [0.25, 0.3) is 11.5 Å². The lowest BCUT2D eigenvalue weighted by atomic mass is 10.0. The Hall–Kier alpha value is -3.26. The van der Waals surface area contributed by atoms with E-state index in [0.717, 1.165) is 5.56 Å². The van der Waals surface area contributed by atoms with Crippen LogP contribution in [0.5, 0.6) is 0 Å². The first kappa shape index (κ1) is 20.5.